The van der Waals surface area contributed by atoms with E-state index in [9.17, 15) is 9.59 Å². The lowest BCUT2D eigenvalue weighted by Gasteiger charge is -2.33. The van der Waals surface area contributed by atoms with Crippen LogP contribution in [0.1, 0.15) is 65.5 Å². The smallest absolute Gasteiger partial charge is 0.259 e. The van der Waals surface area contributed by atoms with Crippen LogP contribution in [0.2, 0.25) is 0 Å². The van der Waals surface area contributed by atoms with Gasteiger partial charge in [0.25, 0.3) is 11.8 Å². The summed E-state index contributed by atoms with van der Waals surface area (Å²) in [5, 5.41) is 5.83. The molecule has 0 aliphatic carbocycles. The molecule has 2 N–H and O–H groups in total. The molecule has 0 saturated carbocycles. The number of aromatic nitrogens is 1. The summed E-state index contributed by atoms with van der Waals surface area (Å²) in [5.41, 5.74) is 3.79. The molecule has 5 rings (SSSR count). The van der Waals surface area contributed by atoms with Gasteiger partial charge in [-0.15, -0.1) is 0 Å². The van der Waals surface area contributed by atoms with Crippen molar-refractivity contribution in [3.8, 4) is 17.2 Å². The molecule has 3 aromatic carbocycles. The first-order valence-electron chi connectivity index (χ1n) is 15.5. The number of carbonyl (C=O) groups is 2. The number of pyridine rings is 1. The third kappa shape index (κ3) is 8.03. The van der Waals surface area contributed by atoms with Crippen molar-refractivity contribution in [2.75, 3.05) is 37.9 Å². The molecule has 9 heteroatoms. The van der Waals surface area contributed by atoms with Crippen LogP contribution in [-0.2, 0) is 12.0 Å². The van der Waals surface area contributed by atoms with E-state index in [0.717, 1.165) is 49.4 Å². The molecule has 1 aliphatic heterocycles. The first-order valence-corrected chi connectivity index (χ1v) is 15.5. The molecule has 0 atom stereocenters. The minimum absolute atomic E-state index is 0.0315. The van der Waals surface area contributed by atoms with E-state index in [0.29, 0.717) is 34.0 Å². The Balaban J connectivity index is 1.30. The van der Waals surface area contributed by atoms with E-state index in [-0.39, 0.29) is 23.3 Å². The van der Waals surface area contributed by atoms with Gasteiger partial charge in [-0.1, -0.05) is 45.0 Å². The van der Waals surface area contributed by atoms with E-state index in [4.69, 9.17) is 14.2 Å². The van der Waals surface area contributed by atoms with Gasteiger partial charge in [-0.3, -0.25) is 19.5 Å². The number of nitrogens with zero attached hydrogens (tertiary/aromatic N) is 2. The Morgan fingerprint density at radius 2 is 1.57 bits per heavy atom. The average Bonchev–Trinajstić information content (AvgIpc) is 3.06. The first-order chi connectivity index (χ1) is 22.1. The quantitative estimate of drug-likeness (QED) is 0.197. The maximum atomic E-state index is 13.8. The predicted molar refractivity (Wildman–Crippen MR) is 180 cm³/mol. The number of amides is 2. The number of nitrogens with one attached hydrogen (secondary N) is 2. The summed E-state index contributed by atoms with van der Waals surface area (Å²) in [5.74, 6) is 1.43. The van der Waals surface area contributed by atoms with Crippen molar-refractivity contribution in [2.24, 2.45) is 0 Å². The van der Waals surface area contributed by atoms with Crippen LogP contribution in [0.15, 0.2) is 85.2 Å². The minimum Gasteiger partial charge on any atom is -0.497 e. The largest absolute Gasteiger partial charge is 0.497 e. The van der Waals surface area contributed by atoms with Gasteiger partial charge >= 0.3 is 0 Å². The number of benzene rings is 3. The SMILES string of the molecule is COc1ccc(C(=O)Nc2cnccc2NC(=O)c2ccc(C(C)(C)C)cc2OC2CCN(Cc3ccccc3OC)CC2)cc1. The number of ether oxygens (including phenoxy) is 3. The van der Waals surface area contributed by atoms with Crippen molar-refractivity contribution in [1.29, 1.82) is 0 Å². The molecule has 1 fully saturated rings. The molecule has 0 spiro atoms. The predicted octanol–water partition coefficient (Wildman–Crippen LogP) is 6.94. The Hall–Kier alpha value is -4.89. The molecule has 1 aliphatic rings. The summed E-state index contributed by atoms with van der Waals surface area (Å²) in [6.45, 7) is 8.97. The highest BCUT2D eigenvalue weighted by Crippen LogP contribution is 2.32. The molecule has 240 valence electrons. The summed E-state index contributed by atoms with van der Waals surface area (Å²) >= 11 is 0. The van der Waals surface area contributed by atoms with Gasteiger partial charge < -0.3 is 24.8 Å². The fourth-order valence-electron chi connectivity index (χ4n) is 5.44. The third-order valence-electron chi connectivity index (χ3n) is 8.18. The molecule has 9 nitrogen and oxygen atoms in total. The van der Waals surface area contributed by atoms with E-state index in [1.165, 1.54) is 6.20 Å². The molecule has 4 aromatic rings. The maximum Gasteiger partial charge on any atom is 0.259 e. The van der Waals surface area contributed by atoms with Crippen molar-refractivity contribution in [3.05, 3.63) is 107 Å². The molecule has 0 unspecified atom stereocenters. The lowest BCUT2D eigenvalue weighted by molar-refractivity contribution is 0.0920. The zero-order valence-corrected chi connectivity index (χ0v) is 27.1. The Bertz CT molecular complexity index is 1660. The topological polar surface area (TPSA) is 102 Å². The monoisotopic (exact) mass is 622 g/mol. The van der Waals surface area contributed by atoms with Crippen LogP contribution in [0, 0.1) is 0 Å². The van der Waals surface area contributed by atoms with Crippen molar-refractivity contribution < 1.29 is 23.8 Å². The molecule has 0 bridgehead atoms. The Morgan fingerprint density at radius 3 is 2.26 bits per heavy atom. The van der Waals surface area contributed by atoms with Crippen LogP contribution in [0.5, 0.6) is 17.2 Å². The molecular formula is C37H42N4O5. The highest BCUT2D eigenvalue weighted by atomic mass is 16.5. The van der Waals surface area contributed by atoms with E-state index in [1.807, 2.05) is 36.4 Å². The number of piperidine rings is 1. The molecule has 2 heterocycles. The molecule has 0 radical (unpaired) electrons. The number of carbonyl (C=O) groups excluding carboxylic acids is 2. The van der Waals surface area contributed by atoms with Crippen LogP contribution in [0.3, 0.4) is 0 Å². The van der Waals surface area contributed by atoms with Crippen molar-refractivity contribution >= 4 is 23.2 Å². The minimum atomic E-state index is -0.338. The molecule has 1 aromatic heterocycles. The van der Waals surface area contributed by atoms with E-state index in [2.05, 4.69) is 47.4 Å². The normalized spacial score (nSPS) is 13.9. The van der Waals surface area contributed by atoms with Gasteiger partial charge in [0.05, 0.1) is 37.4 Å². The fourth-order valence-corrected chi connectivity index (χ4v) is 5.44. The van der Waals surface area contributed by atoms with Gasteiger partial charge in [-0.25, -0.2) is 0 Å². The van der Waals surface area contributed by atoms with Crippen LogP contribution >= 0.6 is 0 Å². The number of likely N-dealkylation sites (tertiary alicyclic amines) is 1. The van der Waals surface area contributed by atoms with Gasteiger partial charge in [0.2, 0.25) is 0 Å². The summed E-state index contributed by atoms with van der Waals surface area (Å²) in [6.07, 6.45) is 4.72. The number of hydrogen-bond acceptors (Lipinski definition) is 7. The number of methoxy groups -OCH3 is 2. The lowest BCUT2D eigenvalue weighted by atomic mass is 9.86. The van der Waals surface area contributed by atoms with E-state index in [1.54, 1.807) is 50.7 Å². The van der Waals surface area contributed by atoms with Crippen molar-refractivity contribution in [1.82, 2.24) is 9.88 Å². The average molecular weight is 623 g/mol. The van der Waals surface area contributed by atoms with Gasteiger partial charge in [0.1, 0.15) is 23.4 Å². The van der Waals surface area contributed by atoms with Crippen molar-refractivity contribution in [3.63, 3.8) is 0 Å². The van der Waals surface area contributed by atoms with Gasteiger partial charge in [0.15, 0.2) is 0 Å². The number of para-hydroxylation sites is 1. The van der Waals surface area contributed by atoms with Crippen LogP contribution in [0.4, 0.5) is 11.4 Å². The Kier molecular flexibility index (Phi) is 10.2. The fraction of sp³-hybridized carbons (Fsp3) is 0.324. The highest BCUT2D eigenvalue weighted by molar-refractivity contribution is 6.10. The summed E-state index contributed by atoms with van der Waals surface area (Å²) in [6, 6.07) is 22.3. The van der Waals surface area contributed by atoms with Crippen molar-refractivity contribution in [2.45, 2.75) is 51.7 Å². The third-order valence-corrected chi connectivity index (χ3v) is 8.18. The van der Waals surface area contributed by atoms with E-state index >= 15 is 0 Å². The van der Waals surface area contributed by atoms with Crippen LogP contribution in [-0.4, -0.2) is 55.1 Å². The van der Waals surface area contributed by atoms with Crippen LogP contribution in [0.25, 0.3) is 0 Å². The second-order valence-electron chi connectivity index (χ2n) is 12.4. The summed E-state index contributed by atoms with van der Waals surface area (Å²) in [7, 11) is 3.27. The number of rotatable bonds is 10. The summed E-state index contributed by atoms with van der Waals surface area (Å²) in [4.78, 5) is 33.3. The molecule has 46 heavy (non-hydrogen) atoms. The van der Waals surface area contributed by atoms with E-state index < -0.39 is 0 Å². The standard InChI is InChI=1S/C37H42N4O5/c1-37(2,3)27-12-15-30(34(22-27)46-29-17-20-41(21-18-29)24-26-8-6-7-9-33(26)45-5)36(43)39-31-16-19-38-23-32(31)40-35(42)25-10-13-28(44-4)14-11-25/h6-16,19,22-23,29H,17-18,20-21,24H2,1-5H3,(H,40,42)(H,38,39,43). The van der Waals surface area contributed by atoms with Gasteiger partial charge in [-0.2, -0.15) is 0 Å². The lowest BCUT2D eigenvalue weighted by Crippen LogP contribution is -2.38. The molecule has 1 saturated heterocycles. The second kappa shape index (κ2) is 14.5. The van der Waals surface area contributed by atoms with Gasteiger partial charge in [0, 0.05) is 37.0 Å². The number of anilines is 2. The first kappa shape index (κ1) is 32.5. The zero-order chi connectivity index (χ0) is 32.7. The maximum absolute atomic E-state index is 13.8. The molecular weight excluding hydrogens is 580 g/mol. The molecule has 2 amide bonds. The van der Waals surface area contributed by atoms with Gasteiger partial charge in [-0.05, 0) is 72.4 Å². The number of hydrogen-bond donors (Lipinski definition) is 2. The summed E-state index contributed by atoms with van der Waals surface area (Å²) < 4.78 is 17.3. The Labute approximate surface area is 270 Å². The second-order valence-corrected chi connectivity index (χ2v) is 12.4. The Morgan fingerprint density at radius 1 is 0.848 bits per heavy atom. The van der Waals surface area contributed by atoms with Crippen LogP contribution < -0.4 is 24.8 Å². The zero-order valence-electron chi connectivity index (χ0n) is 27.1. The highest BCUT2D eigenvalue weighted by Gasteiger charge is 2.25.